The predicted molar refractivity (Wildman–Crippen MR) is 85.3 cm³/mol. The van der Waals surface area contributed by atoms with Crippen LogP contribution >= 0.6 is 0 Å². The second kappa shape index (κ2) is 8.01. The number of hydrogen-bond acceptors (Lipinski definition) is 3. The van der Waals surface area contributed by atoms with Gasteiger partial charge in [0.15, 0.2) is 8.32 Å². The van der Waals surface area contributed by atoms with Crippen molar-refractivity contribution in [3.05, 3.63) is 24.2 Å². The first-order valence-corrected chi connectivity index (χ1v) is 10.3. The van der Waals surface area contributed by atoms with E-state index in [1.807, 2.05) is 12.1 Å². The van der Waals surface area contributed by atoms with Crippen LogP contribution in [-0.4, -0.2) is 20.5 Å². The van der Waals surface area contributed by atoms with Crippen LogP contribution in [0.15, 0.2) is 22.8 Å². The fraction of sp³-hybridized carbons (Fsp3) is 0.750. The molecule has 0 saturated carbocycles. The van der Waals surface area contributed by atoms with Crippen LogP contribution in [0.3, 0.4) is 0 Å². The second-order valence-corrected chi connectivity index (χ2v) is 10.7. The Hall–Kier alpha value is -0.583. The monoisotopic (exact) mass is 298 g/mol. The molecule has 0 atom stereocenters. The molecule has 0 radical (unpaired) electrons. The second-order valence-electron chi connectivity index (χ2n) is 5.97. The van der Waals surface area contributed by atoms with E-state index in [9.17, 15) is 0 Å². The highest BCUT2D eigenvalue weighted by atomic mass is 28.4. The number of ether oxygens (including phenoxy) is 1. The maximum absolute atomic E-state index is 6.29. The molecule has 0 fully saturated rings. The highest BCUT2D eigenvalue weighted by molar-refractivity contribution is 6.73. The molecule has 0 bridgehead atoms. The summed E-state index contributed by atoms with van der Waals surface area (Å²) in [7, 11) is -1.47. The number of rotatable bonds is 10. The Bertz CT molecular complexity index is 348. The van der Waals surface area contributed by atoms with Gasteiger partial charge in [-0.25, -0.2) is 0 Å². The van der Waals surface area contributed by atoms with Crippen molar-refractivity contribution >= 4 is 8.32 Å². The SMILES string of the molecule is CC[Si](CC)(CC)OCCC(C)(C)OCc1ccco1. The Morgan fingerprint density at radius 2 is 1.80 bits per heavy atom. The van der Waals surface area contributed by atoms with Crippen LogP contribution in [0.5, 0.6) is 0 Å². The Morgan fingerprint density at radius 1 is 1.15 bits per heavy atom. The van der Waals surface area contributed by atoms with E-state index in [-0.39, 0.29) is 5.60 Å². The molecule has 20 heavy (non-hydrogen) atoms. The maximum atomic E-state index is 6.29. The van der Waals surface area contributed by atoms with Gasteiger partial charge in [0.2, 0.25) is 0 Å². The van der Waals surface area contributed by atoms with Gasteiger partial charge in [0, 0.05) is 6.61 Å². The van der Waals surface area contributed by atoms with E-state index in [2.05, 4.69) is 34.6 Å². The van der Waals surface area contributed by atoms with Crippen LogP contribution in [0.1, 0.15) is 46.8 Å². The van der Waals surface area contributed by atoms with Crippen LogP contribution in [-0.2, 0) is 15.8 Å². The van der Waals surface area contributed by atoms with Crippen molar-refractivity contribution in [1.82, 2.24) is 0 Å². The molecule has 0 aliphatic heterocycles. The third-order valence-corrected chi connectivity index (χ3v) is 8.91. The highest BCUT2D eigenvalue weighted by Crippen LogP contribution is 2.24. The largest absolute Gasteiger partial charge is 0.467 e. The quantitative estimate of drug-likeness (QED) is 0.570. The molecule has 116 valence electrons. The zero-order chi connectivity index (χ0) is 15.1. The molecule has 1 heterocycles. The van der Waals surface area contributed by atoms with Crippen LogP contribution in [0.4, 0.5) is 0 Å². The van der Waals surface area contributed by atoms with E-state index in [1.54, 1.807) is 6.26 Å². The first-order valence-electron chi connectivity index (χ1n) is 7.77. The first kappa shape index (κ1) is 17.5. The van der Waals surface area contributed by atoms with E-state index < -0.39 is 8.32 Å². The van der Waals surface area contributed by atoms with E-state index in [4.69, 9.17) is 13.6 Å². The summed E-state index contributed by atoms with van der Waals surface area (Å²) in [5, 5.41) is 0. The molecule has 4 heteroatoms. The minimum absolute atomic E-state index is 0.178. The summed E-state index contributed by atoms with van der Waals surface area (Å²) < 4.78 is 17.5. The fourth-order valence-electron chi connectivity index (χ4n) is 2.30. The predicted octanol–water partition coefficient (Wildman–Crippen LogP) is 4.99. The van der Waals surface area contributed by atoms with Gasteiger partial charge in [0.05, 0.1) is 11.9 Å². The van der Waals surface area contributed by atoms with E-state index in [1.165, 1.54) is 18.1 Å². The summed E-state index contributed by atoms with van der Waals surface area (Å²) >= 11 is 0. The normalized spacial score (nSPS) is 12.8. The molecule has 1 aromatic rings. The molecule has 1 rings (SSSR count). The van der Waals surface area contributed by atoms with E-state index >= 15 is 0 Å². The van der Waals surface area contributed by atoms with E-state index in [0.29, 0.717) is 6.61 Å². The van der Waals surface area contributed by atoms with E-state index in [0.717, 1.165) is 18.8 Å². The summed E-state index contributed by atoms with van der Waals surface area (Å²) in [6.45, 7) is 12.3. The molecule has 0 spiro atoms. The summed E-state index contributed by atoms with van der Waals surface area (Å²) in [5.41, 5.74) is -0.178. The smallest absolute Gasteiger partial charge is 0.191 e. The van der Waals surface area contributed by atoms with Crippen molar-refractivity contribution in [3.63, 3.8) is 0 Å². The third kappa shape index (κ3) is 5.42. The van der Waals surface area contributed by atoms with Gasteiger partial charge in [-0.15, -0.1) is 0 Å². The average Bonchev–Trinajstić information content (AvgIpc) is 2.95. The van der Waals surface area contributed by atoms with Gasteiger partial charge in [0.1, 0.15) is 12.4 Å². The molecular formula is C16H30O3Si. The Labute approximate surface area is 124 Å². The Morgan fingerprint density at radius 3 is 2.30 bits per heavy atom. The van der Waals surface area contributed by atoms with Crippen LogP contribution in [0.25, 0.3) is 0 Å². The number of furan rings is 1. The Balaban J connectivity index is 2.35. The van der Waals surface area contributed by atoms with Crippen LogP contribution in [0.2, 0.25) is 18.1 Å². The standard InChI is InChI=1S/C16H30O3Si/c1-6-20(7-2,8-3)19-13-11-16(4,5)18-14-15-10-9-12-17-15/h9-10,12H,6-8,11,13-14H2,1-5H3. The molecule has 1 aromatic heterocycles. The van der Waals surface area contributed by atoms with Gasteiger partial charge in [-0.05, 0) is 50.5 Å². The molecule has 0 aliphatic carbocycles. The summed E-state index contributed by atoms with van der Waals surface area (Å²) in [5.74, 6) is 0.874. The topological polar surface area (TPSA) is 31.6 Å². The van der Waals surface area contributed by atoms with Gasteiger partial charge >= 0.3 is 0 Å². The molecule has 0 aromatic carbocycles. The molecule has 0 unspecified atom stereocenters. The molecule has 0 N–H and O–H groups in total. The van der Waals surface area contributed by atoms with Gasteiger partial charge in [-0.3, -0.25) is 0 Å². The lowest BCUT2D eigenvalue weighted by molar-refractivity contribution is -0.0485. The van der Waals surface area contributed by atoms with Gasteiger partial charge < -0.3 is 13.6 Å². The van der Waals surface area contributed by atoms with Crippen LogP contribution in [0, 0.1) is 0 Å². The zero-order valence-electron chi connectivity index (χ0n) is 13.7. The highest BCUT2D eigenvalue weighted by Gasteiger charge is 2.29. The molecule has 0 aliphatic rings. The summed E-state index contributed by atoms with van der Waals surface area (Å²) in [4.78, 5) is 0. The maximum Gasteiger partial charge on any atom is 0.191 e. The lowest BCUT2D eigenvalue weighted by Gasteiger charge is -2.31. The summed E-state index contributed by atoms with van der Waals surface area (Å²) in [6, 6.07) is 7.43. The average molecular weight is 298 g/mol. The minimum Gasteiger partial charge on any atom is -0.467 e. The number of hydrogen-bond donors (Lipinski definition) is 0. The van der Waals surface area contributed by atoms with Crippen molar-refractivity contribution in [3.8, 4) is 0 Å². The Kier molecular flexibility index (Phi) is 6.99. The van der Waals surface area contributed by atoms with Gasteiger partial charge in [-0.2, -0.15) is 0 Å². The lowest BCUT2D eigenvalue weighted by atomic mass is 10.1. The van der Waals surface area contributed by atoms with Gasteiger partial charge in [-0.1, -0.05) is 20.8 Å². The molecule has 0 saturated heterocycles. The molecule has 3 nitrogen and oxygen atoms in total. The lowest BCUT2D eigenvalue weighted by Crippen LogP contribution is -2.38. The summed E-state index contributed by atoms with van der Waals surface area (Å²) in [6.07, 6.45) is 2.60. The van der Waals surface area contributed by atoms with Crippen molar-refractivity contribution < 1.29 is 13.6 Å². The van der Waals surface area contributed by atoms with Crippen molar-refractivity contribution in [1.29, 1.82) is 0 Å². The van der Waals surface area contributed by atoms with Crippen molar-refractivity contribution in [2.45, 2.75) is 71.4 Å². The molecule has 0 amide bonds. The molecular weight excluding hydrogens is 268 g/mol. The van der Waals surface area contributed by atoms with Crippen molar-refractivity contribution in [2.24, 2.45) is 0 Å². The fourth-order valence-corrected chi connectivity index (χ4v) is 4.95. The zero-order valence-corrected chi connectivity index (χ0v) is 14.7. The first-order chi connectivity index (χ1) is 9.47. The third-order valence-electron chi connectivity index (χ3n) is 4.23. The van der Waals surface area contributed by atoms with Crippen molar-refractivity contribution in [2.75, 3.05) is 6.61 Å². The minimum atomic E-state index is -1.47. The van der Waals surface area contributed by atoms with Crippen LogP contribution < -0.4 is 0 Å². The van der Waals surface area contributed by atoms with Gasteiger partial charge in [0.25, 0.3) is 0 Å².